The van der Waals surface area contributed by atoms with Gasteiger partial charge in [-0.3, -0.25) is 4.99 Å². The van der Waals surface area contributed by atoms with Crippen LogP contribution in [0.25, 0.3) is 0 Å². The summed E-state index contributed by atoms with van der Waals surface area (Å²) in [6, 6.07) is 0.628. The van der Waals surface area contributed by atoms with Crippen molar-refractivity contribution in [3.63, 3.8) is 0 Å². The lowest BCUT2D eigenvalue weighted by atomic mass is 10.1. The van der Waals surface area contributed by atoms with Gasteiger partial charge in [-0.15, -0.1) is 0 Å². The van der Waals surface area contributed by atoms with Gasteiger partial charge in [0.2, 0.25) is 0 Å². The highest BCUT2D eigenvalue weighted by Crippen LogP contribution is 2.15. The van der Waals surface area contributed by atoms with Crippen LogP contribution in [0, 0.1) is 0 Å². The molecule has 2 aliphatic rings. The molecule has 2 atom stereocenters. The highest BCUT2D eigenvalue weighted by Gasteiger charge is 2.25. The molecule has 0 aromatic carbocycles. The number of nitrogens with one attached hydrogen (secondary N) is 1. The van der Waals surface area contributed by atoms with Gasteiger partial charge in [0, 0.05) is 0 Å². The molecule has 0 bridgehead atoms. The van der Waals surface area contributed by atoms with E-state index < -0.39 is 0 Å². The summed E-state index contributed by atoms with van der Waals surface area (Å²) in [6.45, 7) is 5.82. The molecule has 0 radical (unpaired) electrons. The fourth-order valence-electron chi connectivity index (χ4n) is 1.43. The molecule has 0 aromatic heterocycles. The maximum Gasteiger partial charge on any atom is 0.124 e. The van der Waals surface area contributed by atoms with E-state index in [1.54, 1.807) is 0 Å². The molecule has 0 saturated carbocycles. The van der Waals surface area contributed by atoms with Gasteiger partial charge in [0.25, 0.3) is 0 Å². The molecule has 0 spiro atoms. The smallest absolute Gasteiger partial charge is 0.124 e. The van der Waals surface area contributed by atoms with E-state index in [2.05, 4.69) is 29.0 Å². The Kier molecular flexibility index (Phi) is 1.61. The van der Waals surface area contributed by atoms with Crippen molar-refractivity contribution in [2.24, 2.45) is 4.99 Å². The Morgan fingerprint density at radius 2 is 2.25 bits per heavy atom. The van der Waals surface area contributed by atoms with Crippen LogP contribution < -0.4 is 5.32 Å². The van der Waals surface area contributed by atoms with Gasteiger partial charge in [0.15, 0.2) is 0 Å². The van der Waals surface area contributed by atoms with E-state index in [1.807, 2.05) is 19.1 Å². The zero-order valence-electron chi connectivity index (χ0n) is 7.12. The van der Waals surface area contributed by atoms with Gasteiger partial charge < -0.3 is 5.32 Å². The fourth-order valence-corrected chi connectivity index (χ4v) is 1.43. The molecule has 1 heterocycles. The summed E-state index contributed by atoms with van der Waals surface area (Å²) in [7, 11) is 0. The molecular weight excluding hydrogens is 148 g/mol. The first-order valence-electron chi connectivity index (χ1n) is 4.12. The van der Waals surface area contributed by atoms with Gasteiger partial charge in [0.05, 0.1) is 12.1 Å². The Balaban J connectivity index is 2.21. The summed E-state index contributed by atoms with van der Waals surface area (Å²) in [4.78, 5) is 4.48. The molecule has 62 valence electrons. The zero-order chi connectivity index (χ0) is 8.55. The van der Waals surface area contributed by atoms with Gasteiger partial charge in [-0.2, -0.15) is 0 Å². The van der Waals surface area contributed by atoms with Gasteiger partial charge in [-0.25, -0.2) is 0 Å². The van der Waals surface area contributed by atoms with E-state index >= 15 is 0 Å². The lowest BCUT2D eigenvalue weighted by Crippen LogP contribution is -2.33. The van der Waals surface area contributed by atoms with Crippen molar-refractivity contribution in [1.82, 2.24) is 5.32 Å². The van der Waals surface area contributed by atoms with Crippen molar-refractivity contribution in [1.29, 1.82) is 0 Å². The maximum absolute atomic E-state index is 4.48. The predicted octanol–water partition coefficient (Wildman–Crippen LogP) is 1.43. The summed E-state index contributed by atoms with van der Waals surface area (Å²) < 4.78 is 0. The second kappa shape index (κ2) is 2.63. The first-order valence-corrected chi connectivity index (χ1v) is 4.12. The average molecular weight is 160 g/mol. The topological polar surface area (TPSA) is 24.4 Å². The molecule has 1 N–H and O–H groups in total. The number of hydrogen-bond acceptors (Lipinski definition) is 2. The van der Waals surface area contributed by atoms with Crippen LogP contribution in [-0.4, -0.2) is 17.9 Å². The van der Waals surface area contributed by atoms with Crippen molar-refractivity contribution in [2.45, 2.75) is 19.0 Å². The number of fused-ring (bicyclic) bond motifs is 1. The van der Waals surface area contributed by atoms with Gasteiger partial charge in [0.1, 0.15) is 5.84 Å². The van der Waals surface area contributed by atoms with E-state index in [9.17, 15) is 0 Å². The number of nitrogens with zero attached hydrogens (tertiary/aromatic N) is 1. The summed E-state index contributed by atoms with van der Waals surface area (Å²) in [5.74, 6) is 0.946. The monoisotopic (exact) mass is 160 g/mol. The highest BCUT2D eigenvalue weighted by atomic mass is 15.1. The third-order valence-electron chi connectivity index (χ3n) is 2.09. The van der Waals surface area contributed by atoms with Gasteiger partial charge in [-0.1, -0.05) is 30.9 Å². The van der Waals surface area contributed by atoms with E-state index in [4.69, 9.17) is 0 Å². The molecule has 2 rings (SSSR count). The van der Waals surface area contributed by atoms with Crippen LogP contribution >= 0.6 is 0 Å². The van der Waals surface area contributed by atoms with Crippen LogP contribution in [-0.2, 0) is 0 Å². The molecule has 2 heteroatoms. The molecular formula is C10H12N2. The van der Waals surface area contributed by atoms with Crippen LogP contribution in [0.2, 0.25) is 0 Å². The molecule has 0 fully saturated rings. The van der Waals surface area contributed by atoms with E-state index in [0.29, 0.717) is 6.04 Å². The second-order valence-electron chi connectivity index (χ2n) is 3.19. The largest absolute Gasteiger partial charge is 0.361 e. The number of rotatable bonds is 1. The van der Waals surface area contributed by atoms with Crippen molar-refractivity contribution in [3.8, 4) is 0 Å². The molecule has 0 saturated heterocycles. The third-order valence-corrected chi connectivity index (χ3v) is 2.09. The van der Waals surface area contributed by atoms with Crippen LogP contribution in [0.5, 0.6) is 0 Å². The van der Waals surface area contributed by atoms with Crippen LogP contribution in [0.15, 0.2) is 41.4 Å². The van der Waals surface area contributed by atoms with E-state index in [-0.39, 0.29) is 6.04 Å². The molecule has 12 heavy (non-hydrogen) atoms. The molecule has 0 amide bonds. The second-order valence-corrected chi connectivity index (χ2v) is 3.19. The first-order chi connectivity index (χ1) is 5.77. The lowest BCUT2D eigenvalue weighted by Gasteiger charge is -2.13. The minimum atomic E-state index is 0.279. The highest BCUT2D eigenvalue weighted by molar-refractivity contribution is 5.99. The molecule has 2 nitrogen and oxygen atoms in total. The average Bonchev–Trinajstić information content (AvgIpc) is 2.46. The summed E-state index contributed by atoms with van der Waals surface area (Å²) in [6.07, 6.45) is 8.32. The Morgan fingerprint density at radius 3 is 2.92 bits per heavy atom. The van der Waals surface area contributed by atoms with Crippen molar-refractivity contribution < 1.29 is 0 Å². The summed E-state index contributed by atoms with van der Waals surface area (Å²) in [5.41, 5.74) is 1.01. The maximum atomic E-state index is 4.48. The van der Waals surface area contributed by atoms with Gasteiger partial charge in [-0.05, 0) is 12.5 Å². The number of aliphatic imine (C=N–C) groups is 1. The number of amidine groups is 1. The van der Waals surface area contributed by atoms with E-state index in [0.717, 1.165) is 11.4 Å². The van der Waals surface area contributed by atoms with Crippen molar-refractivity contribution in [2.75, 3.05) is 0 Å². The molecule has 1 aliphatic heterocycles. The zero-order valence-corrected chi connectivity index (χ0v) is 7.12. The van der Waals surface area contributed by atoms with Crippen LogP contribution in [0.1, 0.15) is 6.92 Å². The Bertz CT molecular complexity index is 297. The third kappa shape index (κ3) is 1.09. The van der Waals surface area contributed by atoms with Crippen molar-refractivity contribution in [3.05, 3.63) is 36.5 Å². The predicted molar refractivity (Wildman–Crippen MR) is 51.2 cm³/mol. The quantitative estimate of drug-likeness (QED) is 0.616. The Morgan fingerprint density at radius 1 is 1.50 bits per heavy atom. The first kappa shape index (κ1) is 7.35. The Hall–Kier alpha value is -1.31. The normalized spacial score (nSPS) is 30.9. The Labute approximate surface area is 72.4 Å². The summed E-state index contributed by atoms with van der Waals surface area (Å²) in [5, 5.41) is 3.30. The van der Waals surface area contributed by atoms with Gasteiger partial charge >= 0.3 is 0 Å². The minimum Gasteiger partial charge on any atom is -0.361 e. The molecule has 0 aromatic rings. The summed E-state index contributed by atoms with van der Waals surface area (Å²) >= 11 is 0. The van der Waals surface area contributed by atoms with E-state index in [1.165, 1.54) is 0 Å². The SMILES string of the molecule is C=C(C)C1=NC2C=CC=CC2N1. The minimum absolute atomic E-state index is 0.279. The van der Waals surface area contributed by atoms with Crippen molar-refractivity contribution >= 4 is 5.84 Å². The molecule has 1 aliphatic carbocycles. The van der Waals surface area contributed by atoms with Crippen LogP contribution in [0.4, 0.5) is 0 Å². The lowest BCUT2D eigenvalue weighted by molar-refractivity contribution is 0.695. The molecule has 2 unspecified atom stereocenters. The van der Waals surface area contributed by atoms with Crippen LogP contribution in [0.3, 0.4) is 0 Å². The standard InChI is InChI=1S/C10H12N2/c1-7(2)10-11-8-5-3-4-6-9(8)12-10/h3-6,8-9H,1H2,2H3,(H,11,12). The fraction of sp³-hybridized carbons (Fsp3) is 0.300. The number of allylic oxidation sites excluding steroid dienone is 2. The number of hydrogen-bond donors (Lipinski definition) is 1.